The number of hydrogen-bond donors (Lipinski definition) is 1. The van der Waals surface area contributed by atoms with Gasteiger partial charge in [0, 0.05) is 18.8 Å². The maximum Gasteiger partial charge on any atom is 0.347 e. The van der Waals surface area contributed by atoms with E-state index in [1.165, 1.54) is 11.3 Å². The van der Waals surface area contributed by atoms with Gasteiger partial charge in [-0.15, -0.1) is 0 Å². The van der Waals surface area contributed by atoms with Crippen LogP contribution < -0.4 is 4.90 Å². The number of thioether (sulfide) groups is 1. The molecule has 0 spiro atoms. The molecule has 0 amide bonds. The SMILES string of the molecule is CCC(CSC)N(C)c1nc(C(C)C)c(C(=O)O)s1. The molecule has 0 bridgehead atoms. The van der Waals surface area contributed by atoms with Gasteiger partial charge in [-0.3, -0.25) is 0 Å². The molecule has 0 fully saturated rings. The number of anilines is 1. The summed E-state index contributed by atoms with van der Waals surface area (Å²) in [5, 5.41) is 10.1. The molecule has 0 aliphatic rings. The van der Waals surface area contributed by atoms with Crippen molar-refractivity contribution in [3.63, 3.8) is 0 Å². The predicted molar refractivity (Wildman–Crippen MR) is 84.0 cm³/mol. The number of carboxylic acids is 1. The molecule has 6 heteroatoms. The second-order valence-corrected chi connectivity index (χ2v) is 6.69. The van der Waals surface area contributed by atoms with E-state index in [-0.39, 0.29) is 5.92 Å². The van der Waals surface area contributed by atoms with Crippen molar-refractivity contribution in [2.75, 3.05) is 24.0 Å². The maximum absolute atomic E-state index is 11.3. The Labute approximate surface area is 123 Å². The van der Waals surface area contributed by atoms with Gasteiger partial charge >= 0.3 is 5.97 Å². The molecule has 108 valence electrons. The van der Waals surface area contributed by atoms with Crippen LogP contribution in [0.5, 0.6) is 0 Å². The van der Waals surface area contributed by atoms with Gasteiger partial charge in [-0.2, -0.15) is 11.8 Å². The molecule has 1 atom stereocenters. The quantitative estimate of drug-likeness (QED) is 0.835. The molecule has 0 saturated carbocycles. The summed E-state index contributed by atoms with van der Waals surface area (Å²) in [6, 6.07) is 0.391. The number of aromatic carboxylic acids is 1. The van der Waals surface area contributed by atoms with E-state index in [0.717, 1.165) is 17.3 Å². The second kappa shape index (κ2) is 7.14. The molecule has 0 saturated heterocycles. The largest absolute Gasteiger partial charge is 0.477 e. The minimum Gasteiger partial charge on any atom is -0.477 e. The van der Waals surface area contributed by atoms with Crippen molar-refractivity contribution >= 4 is 34.2 Å². The fourth-order valence-electron chi connectivity index (χ4n) is 1.87. The van der Waals surface area contributed by atoms with E-state index >= 15 is 0 Å². The van der Waals surface area contributed by atoms with Crippen LogP contribution in [0.2, 0.25) is 0 Å². The minimum atomic E-state index is -0.876. The number of thiazole rings is 1. The first-order valence-corrected chi connectivity index (χ1v) is 8.59. The Kier molecular flexibility index (Phi) is 6.13. The van der Waals surface area contributed by atoms with E-state index in [1.807, 2.05) is 20.9 Å². The summed E-state index contributed by atoms with van der Waals surface area (Å²) in [6.45, 7) is 6.10. The van der Waals surface area contributed by atoms with Crippen molar-refractivity contribution in [2.24, 2.45) is 0 Å². The summed E-state index contributed by atoms with van der Waals surface area (Å²) in [5.74, 6) is 0.273. The average Bonchev–Trinajstić information content (AvgIpc) is 2.80. The number of rotatable bonds is 7. The fourth-order valence-corrected chi connectivity index (χ4v) is 3.80. The summed E-state index contributed by atoms with van der Waals surface area (Å²) in [4.78, 5) is 18.3. The molecule has 1 aromatic rings. The lowest BCUT2D eigenvalue weighted by Crippen LogP contribution is -2.33. The first-order valence-electron chi connectivity index (χ1n) is 6.38. The van der Waals surface area contributed by atoms with Crippen LogP contribution in [0.25, 0.3) is 0 Å². The smallest absolute Gasteiger partial charge is 0.347 e. The summed E-state index contributed by atoms with van der Waals surface area (Å²) in [5.41, 5.74) is 0.693. The molecule has 1 N–H and O–H groups in total. The highest BCUT2D eigenvalue weighted by Gasteiger charge is 2.23. The molecule has 0 radical (unpaired) electrons. The Morgan fingerprint density at radius 2 is 2.16 bits per heavy atom. The number of carbonyl (C=O) groups is 1. The normalized spacial score (nSPS) is 12.7. The lowest BCUT2D eigenvalue weighted by Gasteiger charge is -2.26. The lowest BCUT2D eigenvalue weighted by molar-refractivity contribution is 0.0700. The van der Waals surface area contributed by atoms with Gasteiger partial charge < -0.3 is 10.0 Å². The van der Waals surface area contributed by atoms with Crippen LogP contribution >= 0.6 is 23.1 Å². The van der Waals surface area contributed by atoms with Crippen LogP contribution in [0.4, 0.5) is 5.13 Å². The highest BCUT2D eigenvalue weighted by atomic mass is 32.2. The predicted octanol–water partition coefficient (Wildman–Crippen LogP) is 3.54. The topological polar surface area (TPSA) is 53.4 Å². The van der Waals surface area contributed by atoms with Crippen LogP contribution in [0.15, 0.2) is 0 Å². The second-order valence-electron chi connectivity index (χ2n) is 4.80. The van der Waals surface area contributed by atoms with Crippen LogP contribution in [0.3, 0.4) is 0 Å². The third-order valence-electron chi connectivity index (χ3n) is 3.06. The zero-order valence-corrected chi connectivity index (χ0v) is 13.8. The molecular weight excluding hydrogens is 280 g/mol. The Morgan fingerprint density at radius 1 is 1.53 bits per heavy atom. The molecule has 1 aromatic heterocycles. The van der Waals surface area contributed by atoms with Crippen molar-refractivity contribution in [3.05, 3.63) is 10.6 Å². The van der Waals surface area contributed by atoms with Gasteiger partial charge in [-0.1, -0.05) is 32.1 Å². The van der Waals surface area contributed by atoms with E-state index < -0.39 is 5.97 Å². The van der Waals surface area contributed by atoms with Crippen molar-refractivity contribution in [1.29, 1.82) is 0 Å². The van der Waals surface area contributed by atoms with Crippen molar-refractivity contribution < 1.29 is 9.90 Å². The highest BCUT2D eigenvalue weighted by molar-refractivity contribution is 7.98. The van der Waals surface area contributed by atoms with Crippen LogP contribution in [-0.4, -0.2) is 41.2 Å². The summed E-state index contributed by atoms with van der Waals surface area (Å²) in [6.07, 6.45) is 3.11. The van der Waals surface area contributed by atoms with E-state index in [4.69, 9.17) is 0 Å². The number of aromatic nitrogens is 1. The first kappa shape index (κ1) is 16.3. The lowest BCUT2D eigenvalue weighted by atomic mass is 10.1. The number of hydrogen-bond acceptors (Lipinski definition) is 5. The van der Waals surface area contributed by atoms with E-state index in [9.17, 15) is 9.90 Å². The average molecular weight is 302 g/mol. The standard InChI is InChI=1S/C13H22N2O2S2/c1-6-9(7-18-5)15(4)13-14-10(8(2)3)11(19-13)12(16)17/h8-9H,6-7H2,1-5H3,(H,16,17). The Balaban J connectivity index is 3.07. The van der Waals surface area contributed by atoms with Gasteiger partial charge in [0.05, 0.1) is 5.69 Å². The minimum absolute atomic E-state index is 0.130. The van der Waals surface area contributed by atoms with Crippen molar-refractivity contribution in [3.8, 4) is 0 Å². The van der Waals surface area contributed by atoms with E-state index in [1.54, 1.807) is 11.8 Å². The Morgan fingerprint density at radius 3 is 2.53 bits per heavy atom. The summed E-state index contributed by atoms with van der Waals surface area (Å²) in [7, 11) is 2.00. The molecule has 0 aliphatic carbocycles. The molecule has 1 heterocycles. The molecule has 4 nitrogen and oxygen atoms in total. The first-order chi connectivity index (χ1) is 8.92. The third kappa shape index (κ3) is 3.86. The monoisotopic (exact) mass is 302 g/mol. The number of nitrogens with zero attached hydrogens (tertiary/aromatic N) is 2. The van der Waals surface area contributed by atoms with Gasteiger partial charge in [0.1, 0.15) is 4.88 Å². The number of carboxylic acid groups (broad SMARTS) is 1. The summed E-state index contributed by atoms with van der Waals surface area (Å²) >= 11 is 3.08. The fraction of sp³-hybridized carbons (Fsp3) is 0.692. The van der Waals surface area contributed by atoms with Gasteiger partial charge in [0.15, 0.2) is 5.13 Å². The van der Waals surface area contributed by atoms with E-state index in [2.05, 4.69) is 23.1 Å². The zero-order valence-electron chi connectivity index (χ0n) is 12.1. The molecule has 1 unspecified atom stereocenters. The zero-order chi connectivity index (χ0) is 14.6. The molecular formula is C13H22N2O2S2. The third-order valence-corrected chi connectivity index (χ3v) is 4.93. The molecule has 1 rings (SSSR count). The van der Waals surface area contributed by atoms with Gasteiger partial charge in [0.2, 0.25) is 0 Å². The van der Waals surface area contributed by atoms with Gasteiger partial charge in [0.25, 0.3) is 0 Å². The molecule has 0 aromatic carbocycles. The van der Waals surface area contributed by atoms with Crippen LogP contribution in [0, 0.1) is 0 Å². The Bertz CT molecular complexity index is 432. The Hall–Kier alpha value is -0.750. The molecule has 19 heavy (non-hydrogen) atoms. The van der Waals surface area contributed by atoms with Crippen LogP contribution in [0.1, 0.15) is 48.5 Å². The van der Waals surface area contributed by atoms with Gasteiger partial charge in [-0.05, 0) is 18.6 Å². The summed E-state index contributed by atoms with van der Waals surface area (Å²) < 4.78 is 0. The maximum atomic E-state index is 11.3. The van der Waals surface area contributed by atoms with Crippen molar-refractivity contribution in [1.82, 2.24) is 4.98 Å². The van der Waals surface area contributed by atoms with Crippen molar-refractivity contribution in [2.45, 2.75) is 39.2 Å². The highest BCUT2D eigenvalue weighted by Crippen LogP contribution is 2.31. The molecule has 0 aliphatic heterocycles. The van der Waals surface area contributed by atoms with E-state index in [0.29, 0.717) is 16.6 Å². The van der Waals surface area contributed by atoms with Gasteiger partial charge in [-0.25, -0.2) is 9.78 Å². The van der Waals surface area contributed by atoms with Crippen LogP contribution in [-0.2, 0) is 0 Å².